The summed E-state index contributed by atoms with van der Waals surface area (Å²) in [4.78, 5) is 13.1. The van der Waals surface area contributed by atoms with Gasteiger partial charge in [0.1, 0.15) is 17.4 Å². The molecule has 2 N–H and O–H groups in total. The monoisotopic (exact) mass is 406 g/mol. The van der Waals surface area contributed by atoms with Crippen molar-refractivity contribution in [3.05, 3.63) is 71.9 Å². The molecule has 0 bridgehead atoms. The predicted octanol–water partition coefficient (Wildman–Crippen LogP) is 3.44. The number of nitrogens with one attached hydrogen (secondary N) is 2. The number of benzene rings is 1. The largest absolute Gasteiger partial charge is 0.497 e. The van der Waals surface area contributed by atoms with Crippen molar-refractivity contribution in [2.45, 2.75) is 32.7 Å². The number of aliphatic imine (C=N–C) groups is 1. The minimum Gasteiger partial charge on any atom is -0.497 e. The average molecular weight is 407 g/mol. The highest BCUT2D eigenvalue weighted by Crippen LogP contribution is 2.21. The number of pyridine rings is 1. The molecule has 0 fully saturated rings. The van der Waals surface area contributed by atoms with E-state index < -0.39 is 0 Å². The van der Waals surface area contributed by atoms with Crippen LogP contribution in [0.1, 0.15) is 36.2 Å². The maximum atomic E-state index is 5.23. The van der Waals surface area contributed by atoms with E-state index in [9.17, 15) is 0 Å². The topological polar surface area (TPSA) is 76.4 Å². The molecule has 2 aromatic heterocycles. The van der Waals surface area contributed by atoms with Gasteiger partial charge in [-0.1, -0.05) is 25.1 Å². The summed E-state index contributed by atoms with van der Waals surface area (Å²) in [6, 6.07) is 12.3. The molecule has 0 aliphatic rings. The van der Waals surface area contributed by atoms with Gasteiger partial charge >= 0.3 is 0 Å². The zero-order chi connectivity index (χ0) is 21.3. The van der Waals surface area contributed by atoms with Crippen LogP contribution in [0.15, 0.2) is 60.0 Å². The summed E-state index contributed by atoms with van der Waals surface area (Å²) in [5.74, 6) is 3.90. The lowest BCUT2D eigenvalue weighted by molar-refractivity contribution is 0.414. The molecule has 0 saturated carbocycles. The Labute approximate surface area is 178 Å². The lowest BCUT2D eigenvalue weighted by atomic mass is 9.98. The maximum Gasteiger partial charge on any atom is 0.191 e. The van der Waals surface area contributed by atoms with E-state index in [1.807, 2.05) is 42.1 Å². The minimum atomic E-state index is 0.449. The van der Waals surface area contributed by atoms with Gasteiger partial charge in [-0.2, -0.15) is 0 Å². The van der Waals surface area contributed by atoms with E-state index in [4.69, 9.17) is 4.74 Å². The number of guanidine groups is 1. The van der Waals surface area contributed by atoms with Crippen LogP contribution in [0.2, 0.25) is 0 Å². The number of ether oxygens (including phenoxy) is 1. The SMILES string of the molecule is CN=C(NCCC(C)c1ccc(OC)cc1)NCc1ccc(-n2ccnc2C)nc1. The van der Waals surface area contributed by atoms with Gasteiger partial charge in [0.2, 0.25) is 0 Å². The summed E-state index contributed by atoms with van der Waals surface area (Å²) in [6.45, 7) is 5.69. The molecule has 0 spiro atoms. The second-order valence-corrected chi connectivity index (χ2v) is 7.18. The number of aromatic nitrogens is 3. The van der Waals surface area contributed by atoms with Crippen LogP contribution in [-0.4, -0.2) is 41.2 Å². The summed E-state index contributed by atoms with van der Waals surface area (Å²) in [6.07, 6.45) is 6.57. The summed E-state index contributed by atoms with van der Waals surface area (Å²) < 4.78 is 7.19. The van der Waals surface area contributed by atoms with Crippen LogP contribution in [0.3, 0.4) is 0 Å². The Hall–Kier alpha value is -3.35. The summed E-state index contributed by atoms with van der Waals surface area (Å²) in [7, 11) is 3.47. The van der Waals surface area contributed by atoms with Gasteiger partial charge in [0.15, 0.2) is 5.96 Å². The summed E-state index contributed by atoms with van der Waals surface area (Å²) >= 11 is 0. The number of aryl methyl sites for hydroxylation is 1. The molecule has 3 aromatic rings. The van der Waals surface area contributed by atoms with Gasteiger partial charge in [-0.05, 0) is 48.6 Å². The fraction of sp³-hybridized carbons (Fsp3) is 0.348. The number of hydrogen-bond donors (Lipinski definition) is 2. The van der Waals surface area contributed by atoms with Crippen molar-refractivity contribution in [1.29, 1.82) is 0 Å². The average Bonchev–Trinajstić information content (AvgIpc) is 3.22. The van der Waals surface area contributed by atoms with E-state index in [2.05, 4.69) is 50.7 Å². The van der Waals surface area contributed by atoms with Gasteiger partial charge in [-0.3, -0.25) is 9.56 Å². The molecule has 0 saturated heterocycles. The highest BCUT2D eigenvalue weighted by Gasteiger charge is 2.07. The number of nitrogens with zero attached hydrogens (tertiary/aromatic N) is 4. The second kappa shape index (κ2) is 10.4. The first-order chi connectivity index (χ1) is 14.6. The van der Waals surface area contributed by atoms with Crippen molar-refractivity contribution >= 4 is 5.96 Å². The van der Waals surface area contributed by atoms with Crippen LogP contribution in [0.4, 0.5) is 0 Å². The Kier molecular flexibility index (Phi) is 7.43. The van der Waals surface area contributed by atoms with Crippen LogP contribution in [0.25, 0.3) is 5.82 Å². The Morgan fingerprint density at radius 3 is 2.53 bits per heavy atom. The molecule has 7 heteroatoms. The lowest BCUT2D eigenvalue weighted by Crippen LogP contribution is -2.37. The van der Waals surface area contributed by atoms with Crippen molar-refractivity contribution in [2.75, 3.05) is 20.7 Å². The highest BCUT2D eigenvalue weighted by molar-refractivity contribution is 5.79. The fourth-order valence-corrected chi connectivity index (χ4v) is 3.20. The molecule has 0 amide bonds. The quantitative estimate of drug-likeness (QED) is 0.443. The summed E-state index contributed by atoms with van der Waals surface area (Å²) in [5.41, 5.74) is 2.39. The third kappa shape index (κ3) is 5.59. The zero-order valence-electron chi connectivity index (χ0n) is 18.1. The van der Waals surface area contributed by atoms with Crippen molar-refractivity contribution in [3.8, 4) is 11.6 Å². The van der Waals surface area contributed by atoms with Gasteiger partial charge in [-0.15, -0.1) is 0 Å². The van der Waals surface area contributed by atoms with E-state index in [1.165, 1.54) is 5.56 Å². The highest BCUT2D eigenvalue weighted by atomic mass is 16.5. The van der Waals surface area contributed by atoms with Crippen molar-refractivity contribution in [2.24, 2.45) is 4.99 Å². The van der Waals surface area contributed by atoms with E-state index in [-0.39, 0.29) is 0 Å². The van der Waals surface area contributed by atoms with E-state index in [0.29, 0.717) is 12.5 Å². The first-order valence-electron chi connectivity index (χ1n) is 10.1. The second-order valence-electron chi connectivity index (χ2n) is 7.18. The minimum absolute atomic E-state index is 0.449. The Bertz CT molecular complexity index is 947. The van der Waals surface area contributed by atoms with E-state index in [1.54, 1.807) is 20.4 Å². The fourth-order valence-electron chi connectivity index (χ4n) is 3.20. The summed E-state index contributed by atoms with van der Waals surface area (Å²) in [5, 5.41) is 6.73. The van der Waals surface area contributed by atoms with Crippen LogP contribution >= 0.6 is 0 Å². The first-order valence-corrected chi connectivity index (χ1v) is 10.1. The Morgan fingerprint density at radius 2 is 1.93 bits per heavy atom. The number of hydrogen-bond acceptors (Lipinski definition) is 4. The third-order valence-electron chi connectivity index (χ3n) is 5.12. The molecule has 2 heterocycles. The van der Waals surface area contributed by atoms with Crippen LogP contribution in [-0.2, 0) is 6.54 Å². The zero-order valence-corrected chi connectivity index (χ0v) is 18.1. The molecule has 1 aromatic carbocycles. The smallest absolute Gasteiger partial charge is 0.191 e. The van der Waals surface area contributed by atoms with E-state index in [0.717, 1.165) is 41.9 Å². The normalized spacial score (nSPS) is 12.5. The van der Waals surface area contributed by atoms with Crippen molar-refractivity contribution < 1.29 is 4.74 Å². The lowest BCUT2D eigenvalue weighted by Gasteiger charge is -2.15. The molecular formula is C23H30N6O. The Balaban J connectivity index is 1.45. The van der Waals surface area contributed by atoms with Gasteiger partial charge in [0.05, 0.1) is 7.11 Å². The first kappa shape index (κ1) is 21.4. The van der Waals surface area contributed by atoms with Crippen LogP contribution in [0.5, 0.6) is 5.75 Å². The predicted molar refractivity (Wildman–Crippen MR) is 120 cm³/mol. The van der Waals surface area contributed by atoms with Crippen molar-refractivity contribution in [1.82, 2.24) is 25.2 Å². The molecule has 3 rings (SSSR count). The molecule has 1 unspecified atom stereocenters. The van der Waals surface area contributed by atoms with Gasteiger partial charge in [-0.25, -0.2) is 9.97 Å². The molecular weight excluding hydrogens is 376 g/mol. The van der Waals surface area contributed by atoms with Gasteiger partial charge < -0.3 is 15.4 Å². The number of imidazole rings is 1. The molecule has 7 nitrogen and oxygen atoms in total. The number of rotatable bonds is 8. The molecule has 0 radical (unpaired) electrons. The molecule has 30 heavy (non-hydrogen) atoms. The molecule has 0 aliphatic heterocycles. The van der Waals surface area contributed by atoms with E-state index >= 15 is 0 Å². The van der Waals surface area contributed by atoms with Crippen molar-refractivity contribution in [3.63, 3.8) is 0 Å². The standard InChI is InChI=1S/C23H30N6O/c1-17(20-6-8-21(30-4)9-7-20)11-12-26-23(24-3)28-16-19-5-10-22(27-15-19)29-14-13-25-18(29)2/h5-10,13-15,17H,11-12,16H2,1-4H3,(H2,24,26,28). The molecule has 1 atom stereocenters. The maximum absolute atomic E-state index is 5.23. The van der Waals surface area contributed by atoms with Gasteiger partial charge in [0, 0.05) is 38.7 Å². The van der Waals surface area contributed by atoms with Gasteiger partial charge in [0.25, 0.3) is 0 Å². The Morgan fingerprint density at radius 1 is 1.13 bits per heavy atom. The van der Waals surface area contributed by atoms with Crippen LogP contribution in [0, 0.1) is 6.92 Å². The van der Waals surface area contributed by atoms with Crippen LogP contribution < -0.4 is 15.4 Å². The third-order valence-corrected chi connectivity index (χ3v) is 5.12. The molecule has 158 valence electrons. The number of methoxy groups -OCH3 is 1. The molecule has 0 aliphatic carbocycles.